The minimum absolute atomic E-state index is 0.183. The molecule has 4 aromatic heterocycles. The van der Waals surface area contributed by atoms with Crippen LogP contribution in [-0.2, 0) is 19.6 Å². The number of fused-ring (bicyclic) bond motifs is 1. The van der Waals surface area contributed by atoms with Gasteiger partial charge in [-0.05, 0) is 49.4 Å². The molecule has 1 aromatic carbocycles. The first-order chi connectivity index (χ1) is 18.1. The third-order valence-electron chi connectivity index (χ3n) is 6.10. The smallest absolute Gasteiger partial charge is 0.324 e. The highest BCUT2D eigenvalue weighted by molar-refractivity contribution is 7.99. The standard InChI is InChI=1S/C26H24F3N7OS/c1-5-17-23-18(13-20(31-17)26(27,28)29)32-24(34(23)4)22-19(38-6-2)11-12-21(33-22)36-25(37)35(14-30-36)16-9-7-15(3)8-10-16/h7-14H,5-6H2,1-4H3. The fourth-order valence-corrected chi connectivity index (χ4v) is 5.00. The van der Waals surface area contributed by atoms with E-state index in [0.717, 1.165) is 22.3 Å². The Morgan fingerprint density at radius 1 is 1.00 bits per heavy atom. The molecule has 0 aliphatic rings. The first kappa shape index (κ1) is 25.7. The average Bonchev–Trinajstić information content (AvgIpc) is 3.43. The van der Waals surface area contributed by atoms with Crippen molar-refractivity contribution < 1.29 is 13.2 Å². The number of aryl methyl sites for hydroxylation is 3. The van der Waals surface area contributed by atoms with E-state index in [1.807, 2.05) is 44.2 Å². The number of rotatable bonds is 6. The van der Waals surface area contributed by atoms with E-state index in [1.54, 1.807) is 24.6 Å². The third kappa shape index (κ3) is 4.49. The molecule has 0 fully saturated rings. The van der Waals surface area contributed by atoms with Gasteiger partial charge in [0.15, 0.2) is 11.6 Å². The number of halogens is 3. The van der Waals surface area contributed by atoms with Crippen LogP contribution < -0.4 is 5.69 Å². The second-order valence-electron chi connectivity index (χ2n) is 8.65. The molecule has 0 aliphatic heterocycles. The Kier molecular flexibility index (Phi) is 6.59. The lowest BCUT2D eigenvalue weighted by Gasteiger charge is -2.11. The van der Waals surface area contributed by atoms with E-state index in [-0.39, 0.29) is 11.3 Å². The lowest BCUT2D eigenvalue weighted by Crippen LogP contribution is -2.23. The van der Waals surface area contributed by atoms with E-state index in [9.17, 15) is 18.0 Å². The number of alkyl halides is 3. The molecule has 12 heteroatoms. The van der Waals surface area contributed by atoms with E-state index >= 15 is 0 Å². The van der Waals surface area contributed by atoms with Gasteiger partial charge >= 0.3 is 11.9 Å². The van der Waals surface area contributed by atoms with Gasteiger partial charge < -0.3 is 4.57 Å². The van der Waals surface area contributed by atoms with Crippen molar-refractivity contribution in [2.45, 2.75) is 38.3 Å². The van der Waals surface area contributed by atoms with Crippen LogP contribution in [0.15, 0.2) is 58.5 Å². The van der Waals surface area contributed by atoms with E-state index in [0.29, 0.717) is 34.8 Å². The molecule has 0 bridgehead atoms. The van der Waals surface area contributed by atoms with Crippen LogP contribution in [0.3, 0.4) is 0 Å². The summed E-state index contributed by atoms with van der Waals surface area (Å²) < 4.78 is 44.8. The third-order valence-corrected chi connectivity index (χ3v) is 7.03. The monoisotopic (exact) mass is 539 g/mol. The summed E-state index contributed by atoms with van der Waals surface area (Å²) in [6.45, 7) is 5.70. The molecule has 196 valence electrons. The molecule has 5 aromatic rings. The van der Waals surface area contributed by atoms with Gasteiger partial charge in [-0.25, -0.2) is 24.3 Å². The minimum atomic E-state index is -4.59. The van der Waals surface area contributed by atoms with Crippen LogP contribution in [0.5, 0.6) is 0 Å². The van der Waals surface area contributed by atoms with Gasteiger partial charge in [0.2, 0.25) is 0 Å². The van der Waals surface area contributed by atoms with Gasteiger partial charge in [-0.1, -0.05) is 31.5 Å². The Morgan fingerprint density at radius 3 is 2.39 bits per heavy atom. The largest absolute Gasteiger partial charge is 0.433 e. The quantitative estimate of drug-likeness (QED) is 0.270. The maximum absolute atomic E-state index is 13.5. The first-order valence-corrected chi connectivity index (χ1v) is 12.9. The highest BCUT2D eigenvalue weighted by atomic mass is 32.2. The summed E-state index contributed by atoms with van der Waals surface area (Å²) in [5.41, 5.74) is 1.78. The van der Waals surface area contributed by atoms with Gasteiger partial charge in [0, 0.05) is 11.9 Å². The Morgan fingerprint density at radius 2 is 1.74 bits per heavy atom. The van der Waals surface area contributed by atoms with Gasteiger partial charge in [0.1, 0.15) is 17.7 Å². The molecule has 4 heterocycles. The zero-order valence-corrected chi connectivity index (χ0v) is 21.9. The molecule has 0 saturated carbocycles. The van der Waals surface area contributed by atoms with Crippen molar-refractivity contribution in [3.8, 4) is 23.0 Å². The molecule has 0 radical (unpaired) electrons. The van der Waals surface area contributed by atoms with Crippen LogP contribution in [0.1, 0.15) is 30.8 Å². The summed E-state index contributed by atoms with van der Waals surface area (Å²) >= 11 is 1.52. The van der Waals surface area contributed by atoms with Crippen LogP contribution in [0.25, 0.3) is 34.1 Å². The van der Waals surface area contributed by atoms with Crippen molar-refractivity contribution in [1.82, 2.24) is 33.9 Å². The summed E-state index contributed by atoms with van der Waals surface area (Å²) in [6, 6.07) is 11.9. The maximum Gasteiger partial charge on any atom is 0.433 e. The zero-order valence-electron chi connectivity index (χ0n) is 21.1. The van der Waals surface area contributed by atoms with Crippen molar-refractivity contribution in [3.63, 3.8) is 0 Å². The molecule has 8 nitrogen and oxygen atoms in total. The van der Waals surface area contributed by atoms with Crippen LogP contribution in [0, 0.1) is 6.92 Å². The molecular weight excluding hydrogens is 515 g/mol. The number of thioether (sulfide) groups is 1. The van der Waals surface area contributed by atoms with Crippen molar-refractivity contribution >= 4 is 22.8 Å². The molecule has 0 amide bonds. The van der Waals surface area contributed by atoms with Gasteiger partial charge in [-0.2, -0.15) is 23.0 Å². The lowest BCUT2D eigenvalue weighted by molar-refractivity contribution is -0.141. The van der Waals surface area contributed by atoms with Crippen LogP contribution in [0.2, 0.25) is 0 Å². The van der Waals surface area contributed by atoms with E-state index in [4.69, 9.17) is 4.98 Å². The van der Waals surface area contributed by atoms with Gasteiger partial charge in [-0.3, -0.25) is 0 Å². The van der Waals surface area contributed by atoms with Crippen LogP contribution in [-0.4, -0.2) is 39.6 Å². The highest BCUT2D eigenvalue weighted by Crippen LogP contribution is 2.35. The second-order valence-corrected chi connectivity index (χ2v) is 9.95. The van der Waals surface area contributed by atoms with E-state index in [2.05, 4.69) is 15.1 Å². The summed E-state index contributed by atoms with van der Waals surface area (Å²) in [5.74, 6) is 1.38. The molecule has 0 saturated heterocycles. The maximum atomic E-state index is 13.5. The Bertz CT molecular complexity index is 1700. The number of imidazole rings is 1. The predicted molar refractivity (Wildman–Crippen MR) is 140 cm³/mol. The van der Waals surface area contributed by atoms with Crippen molar-refractivity contribution in [3.05, 3.63) is 76.2 Å². The SMILES string of the molecule is CCSc1ccc(-n2ncn(-c3ccc(C)cc3)c2=O)nc1-c1nc2cc(C(F)(F)F)nc(CC)c2n1C. The molecular formula is C26H24F3N7OS. The number of hydrogen-bond acceptors (Lipinski definition) is 6. The number of benzene rings is 1. The lowest BCUT2D eigenvalue weighted by atomic mass is 10.2. The Hall–Kier alpha value is -3.93. The summed E-state index contributed by atoms with van der Waals surface area (Å²) in [4.78, 5) is 27.2. The number of aromatic nitrogens is 7. The molecule has 0 N–H and O–H groups in total. The molecule has 38 heavy (non-hydrogen) atoms. The number of nitrogens with zero attached hydrogens (tertiary/aromatic N) is 7. The molecule has 0 aliphatic carbocycles. The molecule has 5 rings (SSSR count). The highest BCUT2D eigenvalue weighted by Gasteiger charge is 2.34. The fraction of sp³-hybridized carbons (Fsp3) is 0.269. The van der Waals surface area contributed by atoms with Crippen LogP contribution in [0.4, 0.5) is 13.2 Å². The van der Waals surface area contributed by atoms with E-state index < -0.39 is 17.6 Å². The second kappa shape index (κ2) is 9.75. The van der Waals surface area contributed by atoms with Gasteiger partial charge in [-0.15, -0.1) is 11.8 Å². The normalized spacial score (nSPS) is 12.0. The van der Waals surface area contributed by atoms with Crippen molar-refractivity contribution in [1.29, 1.82) is 0 Å². The van der Waals surface area contributed by atoms with Crippen molar-refractivity contribution in [2.75, 3.05) is 5.75 Å². The van der Waals surface area contributed by atoms with Crippen LogP contribution >= 0.6 is 11.8 Å². The van der Waals surface area contributed by atoms with Gasteiger partial charge in [0.05, 0.1) is 22.4 Å². The topological polar surface area (TPSA) is 83.4 Å². The van der Waals surface area contributed by atoms with E-state index in [1.165, 1.54) is 27.3 Å². The summed E-state index contributed by atoms with van der Waals surface area (Å²) in [7, 11) is 1.73. The number of pyridine rings is 2. The molecule has 0 unspecified atom stereocenters. The zero-order chi connectivity index (χ0) is 27.2. The Balaban J connectivity index is 1.68. The summed E-state index contributed by atoms with van der Waals surface area (Å²) in [6.07, 6.45) is -2.86. The molecule has 0 atom stereocenters. The predicted octanol–water partition coefficient (Wildman–Crippen LogP) is 5.37. The first-order valence-electron chi connectivity index (χ1n) is 11.9. The number of hydrogen-bond donors (Lipinski definition) is 0. The van der Waals surface area contributed by atoms with Crippen molar-refractivity contribution in [2.24, 2.45) is 7.05 Å². The average molecular weight is 540 g/mol. The summed E-state index contributed by atoms with van der Waals surface area (Å²) in [5, 5.41) is 4.26. The van der Waals surface area contributed by atoms with Gasteiger partial charge in [0.25, 0.3) is 0 Å². The minimum Gasteiger partial charge on any atom is -0.324 e. The fourth-order valence-electron chi connectivity index (χ4n) is 4.26. The molecule has 0 spiro atoms. The Labute approximate surface area is 220 Å².